The lowest BCUT2D eigenvalue weighted by molar-refractivity contribution is -0.133. The summed E-state index contributed by atoms with van der Waals surface area (Å²) in [4.78, 5) is 17.0. The summed E-state index contributed by atoms with van der Waals surface area (Å²) in [5.41, 5.74) is 0.405. The van der Waals surface area contributed by atoms with Crippen molar-refractivity contribution in [1.82, 2.24) is 15.1 Å². The fraction of sp³-hybridized carbons (Fsp3) is 0.944. The Kier molecular flexibility index (Phi) is 11.5. The molecule has 6 heteroatoms. The third-order valence-electron chi connectivity index (χ3n) is 5.13. The number of nitrogens with zero attached hydrogens (tertiary/aromatic N) is 2. The van der Waals surface area contributed by atoms with Gasteiger partial charge in [-0.2, -0.15) is 0 Å². The first-order chi connectivity index (χ1) is 10.4. The van der Waals surface area contributed by atoms with Crippen molar-refractivity contribution >= 4 is 30.7 Å². The van der Waals surface area contributed by atoms with E-state index in [-0.39, 0.29) is 24.8 Å². The number of rotatable bonds is 5. The first-order valence-electron chi connectivity index (χ1n) is 9.15. The van der Waals surface area contributed by atoms with Gasteiger partial charge in [0.1, 0.15) is 0 Å². The van der Waals surface area contributed by atoms with Gasteiger partial charge in [0, 0.05) is 32.6 Å². The Morgan fingerprint density at radius 1 is 1.04 bits per heavy atom. The van der Waals surface area contributed by atoms with Crippen LogP contribution in [0.4, 0.5) is 0 Å². The maximum atomic E-state index is 12.4. The molecule has 0 aromatic rings. The summed E-state index contributed by atoms with van der Waals surface area (Å²) < 4.78 is 0. The predicted molar refractivity (Wildman–Crippen MR) is 106 cm³/mol. The number of piperidine rings is 1. The minimum atomic E-state index is 0. The van der Waals surface area contributed by atoms with E-state index < -0.39 is 0 Å². The third kappa shape index (κ3) is 8.89. The fourth-order valence-corrected chi connectivity index (χ4v) is 3.37. The summed E-state index contributed by atoms with van der Waals surface area (Å²) in [7, 11) is 0. The normalized spacial score (nSPS) is 20.2. The number of halogens is 2. The lowest BCUT2D eigenvalue weighted by Gasteiger charge is -2.36. The monoisotopic (exact) mass is 381 g/mol. The van der Waals surface area contributed by atoms with Crippen LogP contribution in [0.1, 0.15) is 52.9 Å². The van der Waals surface area contributed by atoms with Crippen LogP contribution in [0.3, 0.4) is 0 Å². The fourth-order valence-electron chi connectivity index (χ4n) is 3.37. The van der Waals surface area contributed by atoms with E-state index in [4.69, 9.17) is 0 Å². The van der Waals surface area contributed by atoms with Crippen molar-refractivity contribution in [2.45, 2.75) is 52.9 Å². The first kappa shape index (κ1) is 24.0. The molecule has 0 spiro atoms. The third-order valence-corrected chi connectivity index (χ3v) is 5.13. The molecule has 2 heterocycles. The molecule has 1 amide bonds. The first-order valence-corrected chi connectivity index (χ1v) is 9.15. The second-order valence-corrected chi connectivity index (χ2v) is 8.27. The molecule has 24 heavy (non-hydrogen) atoms. The summed E-state index contributed by atoms with van der Waals surface area (Å²) in [5, 5.41) is 3.39. The number of amides is 1. The molecule has 1 N–H and O–H groups in total. The van der Waals surface area contributed by atoms with E-state index in [9.17, 15) is 4.79 Å². The van der Waals surface area contributed by atoms with Crippen molar-refractivity contribution in [3.63, 3.8) is 0 Å². The lowest BCUT2D eigenvalue weighted by atomic mass is 9.92. The van der Waals surface area contributed by atoms with Gasteiger partial charge in [-0.25, -0.2) is 0 Å². The number of hydrogen-bond donors (Lipinski definition) is 1. The van der Waals surface area contributed by atoms with Crippen LogP contribution in [0.5, 0.6) is 0 Å². The Balaban J connectivity index is 0.00000264. The van der Waals surface area contributed by atoms with E-state index in [1.54, 1.807) is 0 Å². The molecule has 0 aromatic heterocycles. The Hall–Kier alpha value is -0.0300. The molecule has 2 rings (SSSR count). The van der Waals surface area contributed by atoms with Gasteiger partial charge in [-0.3, -0.25) is 9.69 Å². The van der Waals surface area contributed by atoms with Gasteiger partial charge in [-0.05, 0) is 56.7 Å². The van der Waals surface area contributed by atoms with Crippen LogP contribution in [0.2, 0.25) is 0 Å². The molecule has 0 aliphatic carbocycles. The van der Waals surface area contributed by atoms with Crippen LogP contribution in [0.25, 0.3) is 0 Å². The van der Waals surface area contributed by atoms with Gasteiger partial charge >= 0.3 is 0 Å². The molecule has 0 bridgehead atoms. The molecular weight excluding hydrogens is 345 g/mol. The number of carbonyl (C=O) groups excluding carboxylic acids is 1. The highest BCUT2D eigenvalue weighted by Crippen LogP contribution is 2.20. The predicted octanol–water partition coefficient (Wildman–Crippen LogP) is 3.19. The van der Waals surface area contributed by atoms with E-state index in [2.05, 4.69) is 35.9 Å². The molecule has 0 unspecified atom stereocenters. The molecular formula is C18H37Cl2N3O. The zero-order chi connectivity index (χ0) is 16.0. The molecule has 4 nitrogen and oxygen atoms in total. The van der Waals surface area contributed by atoms with Gasteiger partial charge in [0.05, 0.1) is 0 Å². The van der Waals surface area contributed by atoms with Crippen molar-refractivity contribution in [2.24, 2.45) is 11.3 Å². The standard InChI is InChI=1S/C18H35N3O.2ClH/c1-18(2,3)8-11-20-12-14-21(15-13-20)17(22)5-4-16-6-9-19-10-7-16;;/h16,19H,4-15H2,1-3H3;2*1H. The Morgan fingerprint density at radius 3 is 2.17 bits per heavy atom. The largest absolute Gasteiger partial charge is 0.340 e. The van der Waals surface area contributed by atoms with Gasteiger partial charge in [-0.1, -0.05) is 20.8 Å². The number of carbonyl (C=O) groups is 1. The average Bonchev–Trinajstić information content (AvgIpc) is 2.51. The van der Waals surface area contributed by atoms with Gasteiger partial charge in [0.25, 0.3) is 0 Å². The summed E-state index contributed by atoms with van der Waals surface area (Å²) >= 11 is 0. The second-order valence-electron chi connectivity index (χ2n) is 8.27. The van der Waals surface area contributed by atoms with E-state index in [0.717, 1.165) is 58.0 Å². The Morgan fingerprint density at radius 2 is 1.62 bits per heavy atom. The van der Waals surface area contributed by atoms with E-state index in [0.29, 0.717) is 11.3 Å². The van der Waals surface area contributed by atoms with Gasteiger partial charge in [0.15, 0.2) is 0 Å². The number of nitrogens with one attached hydrogen (secondary N) is 1. The highest BCUT2D eigenvalue weighted by atomic mass is 35.5. The summed E-state index contributed by atoms with van der Waals surface area (Å²) in [5.74, 6) is 1.15. The molecule has 0 radical (unpaired) electrons. The van der Waals surface area contributed by atoms with Crippen LogP contribution >= 0.6 is 24.8 Å². The minimum Gasteiger partial charge on any atom is -0.340 e. The molecule has 144 valence electrons. The van der Waals surface area contributed by atoms with Crippen molar-refractivity contribution in [3.05, 3.63) is 0 Å². The number of piperazine rings is 1. The van der Waals surface area contributed by atoms with Crippen LogP contribution in [-0.2, 0) is 4.79 Å². The highest BCUT2D eigenvalue weighted by Gasteiger charge is 2.23. The Labute approximate surface area is 160 Å². The van der Waals surface area contributed by atoms with Crippen LogP contribution < -0.4 is 5.32 Å². The molecule has 0 saturated carbocycles. The average molecular weight is 382 g/mol. The summed E-state index contributed by atoms with van der Waals surface area (Å²) in [6, 6.07) is 0. The summed E-state index contributed by atoms with van der Waals surface area (Å²) in [6.07, 6.45) is 5.57. The van der Waals surface area contributed by atoms with Gasteiger partial charge in [0.2, 0.25) is 5.91 Å². The molecule has 0 atom stereocenters. The topological polar surface area (TPSA) is 35.6 Å². The Bertz CT molecular complexity index is 347. The summed E-state index contributed by atoms with van der Waals surface area (Å²) in [6.45, 7) is 14.3. The van der Waals surface area contributed by atoms with Crippen LogP contribution in [0, 0.1) is 11.3 Å². The van der Waals surface area contributed by atoms with Crippen molar-refractivity contribution in [3.8, 4) is 0 Å². The minimum absolute atomic E-state index is 0. The van der Waals surface area contributed by atoms with E-state index in [1.807, 2.05) is 0 Å². The SMILES string of the molecule is CC(C)(C)CCN1CCN(C(=O)CCC2CCNCC2)CC1.Cl.Cl. The zero-order valence-corrected chi connectivity index (χ0v) is 17.3. The molecule has 2 fully saturated rings. The van der Waals surface area contributed by atoms with Gasteiger partial charge in [-0.15, -0.1) is 24.8 Å². The quantitative estimate of drug-likeness (QED) is 0.793. The second kappa shape index (κ2) is 11.6. The smallest absolute Gasteiger partial charge is 0.222 e. The highest BCUT2D eigenvalue weighted by molar-refractivity contribution is 5.85. The lowest BCUT2D eigenvalue weighted by Crippen LogP contribution is -2.49. The van der Waals surface area contributed by atoms with Crippen molar-refractivity contribution < 1.29 is 4.79 Å². The van der Waals surface area contributed by atoms with Crippen molar-refractivity contribution in [2.75, 3.05) is 45.8 Å². The molecule has 2 aliphatic rings. The maximum absolute atomic E-state index is 12.4. The van der Waals surface area contributed by atoms with Crippen LogP contribution in [0.15, 0.2) is 0 Å². The van der Waals surface area contributed by atoms with Gasteiger partial charge < -0.3 is 10.2 Å². The van der Waals surface area contributed by atoms with E-state index >= 15 is 0 Å². The van der Waals surface area contributed by atoms with Crippen LogP contribution in [-0.4, -0.2) is 61.5 Å². The molecule has 2 saturated heterocycles. The molecule has 2 aliphatic heterocycles. The van der Waals surface area contributed by atoms with Crippen molar-refractivity contribution in [1.29, 1.82) is 0 Å². The number of hydrogen-bond acceptors (Lipinski definition) is 3. The van der Waals surface area contributed by atoms with E-state index in [1.165, 1.54) is 25.8 Å². The zero-order valence-electron chi connectivity index (χ0n) is 15.7. The molecule has 0 aromatic carbocycles. The maximum Gasteiger partial charge on any atom is 0.222 e.